The zero-order chi connectivity index (χ0) is 20.4. The van der Waals surface area contributed by atoms with Crippen molar-refractivity contribution in [3.05, 3.63) is 67.6 Å². The summed E-state index contributed by atoms with van der Waals surface area (Å²) >= 11 is 20.6. The number of carbonyl (C=O) groups excluding carboxylic acids is 2. The molecule has 0 radical (unpaired) electrons. The molecule has 0 aliphatic carbocycles. The van der Waals surface area contributed by atoms with Gasteiger partial charge in [-0.1, -0.05) is 35.3 Å². The molecule has 1 N–H and O–H groups in total. The molecule has 0 spiro atoms. The van der Waals surface area contributed by atoms with Crippen LogP contribution in [0.25, 0.3) is 6.08 Å². The number of hydrogen-bond donors (Lipinski definition) is 1. The van der Waals surface area contributed by atoms with Crippen molar-refractivity contribution in [3.63, 3.8) is 0 Å². The number of benzene rings is 2. The summed E-state index contributed by atoms with van der Waals surface area (Å²) in [5.41, 5.74) is 1.46. The fraction of sp³-hybridized carbons (Fsp3) is 0.105. The lowest BCUT2D eigenvalue weighted by Crippen LogP contribution is -2.52. The molecule has 3 rings (SSSR count). The van der Waals surface area contributed by atoms with E-state index in [4.69, 9.17) is 40.2 Å². The molecule has 144 valence electrons. The Kier molecular flexibility index (Phi) is 6.40. The van der Waals surface area contributed by atoms with Gasteiger partial charge in [0.05, 0.1) is 9.50 Å². The highest BCUT2D eigenvalue weighted by atomic mass is 79.9. The van der Waals surface area contributed by atoms with E-state index in [0.29, 0.717) is 32.4 Å². The van der Waals surface area contributed by atoms with E-state index in [1.54, 1.807) is 24.3 Å². The van der Waals surface area contributed by atoms with Crippen molar-refractivity contribution in [1.29, 1.82) is 0 Å². The first-order valence-corrected chi connectivity index (χ1v) is 9.93. The summed E-state index contributed by atoms with van der Waals surface area (Å²) < 4.78 is 6.39. The van der Waals surface area contributed by atoms with Crippen LogP contribution in [-0.2, 0) is 16.2 Å². The zero-order valence-corrected chi connectivity index (χ0v) is 18.4. The van der Waals surface area contributed by atoms with Crippen molar-refractivity contribution >= 4 is 74.4 Å². The number of ether oxygens (including phenoxy) is 1. The van der Waals surface area contributed by atoms with Crippen LogP contribution >= 0.6 is 51.3 Å². The molecule has 1 saturated heterocycles. The zero-order valence-electron chi connectivity index (χ0n) is 14.5. The number of carbonyl (C=O) groups is 2. The Morgan fingerprint density at radius 3 is 2.54 bits per heavy atom. The number of likely N-dealkylation sites (N-methyl/N-ethyl adjacent to an activating group) is 1. The monoisotopic (exact) mass is 498 g/mol. The number of amides is 2. The highest BCUT2D eigenvalue weighted by Crippen LogP contribution is 2.36. The average molecular weight is 500 g/mol. The Morgan fingerprint density at radius 2 is 1.89 bits per heavy atom. The predicted octanol–water partition coefficient (Wildman–Crippen LogP) is 4.59. The first kappa shape index (κ1) is 20.8. The van der Waals surface area contributed by atoms with Crippen molar-refractivity contribution in [1.82, 2.24) is 10.2 Å². The van der Waals surface area contributed by atoms with Gasteiger partial charge >= 0.3 is 0 Å². The van der Waals surface area contributed by atoms with E-state index in [-0.39, 0.29) is 10.7 Å². The Bertz CT molecular complexity index is 986. The van der Waals surface area contributed by atoms with E-state index in [0.717, 1.165) is 5.56 Å². The normalized spacial score (nSPS) is 15.8. The molecule has 28 heavy (non-hydrogen) atoms. The predicted molar refractivity (Wildman–Crippen MR) is 116 cm³/mol. The number of halogens is 3. The second-order valence-corrected chi connectivity index (χ2v) is 7.99. The fourth-order valence-corrected chi connectivity index (χ4v) is 3.74. The molecular formula is C19H13BrCl2N2O3S. The van der Waals surface area contributed by atoms with Crippen LogP contribution in [0.4, 0.5) is 0 Å². The number of thiocarbonyl (C=S) groups is 1. The molecule has 1 fully saturated rings. The minimum Gasteiger partial charge on any atom is -0.486 e. The van der Waals surface area contributed by atoms with Crippen LogP contribution in [0, 0.1) is 0 Å². The van der Waals surface area contributed by atoms with Gasteiger partial charge in [0.1, 0.15) is 12.2 Å². The Morgan fingerprint density at radius 1 is 1.21 bits per heavy atom. The van der Waals surface area contributed by atoms with E-state index in [1.165, 1.54) is 18.0 Å². The molecular weight excluding hydrogens is 487 g/mol. The molecule has 0 aromatic heterocycles. The van der Waals surface area contributed by atoms with Crippen LogP contribution in [0.15, 0.2) is 46.4 Å². The van der Waals surface area contributed by atoms with Crippen molar-refractivity contribution in [3.8, 4) is 5.75 Å². The van der Waals surface area contributed by atoms with Gasteiger partial charge in [-0.2, -0.15) is 0 Å². The van der Waals surface area contributed by atoms with E-state index in [2.05, 4.69) is 21.2 Å². The number of nitrogens with zero attached hydrogens (tertiary/aromatic N) is 1. The first-order chi connectivity index (χ1) is 13.3. The molecule has 1 aliphatic rings. The van der Waals surface area contributed by atoms with Gasteiger partial charge in [-0.25, -0.2) is 0 Å². The maximum Gasteiger partial charge on any atom is 0.265 e. The summed E-state index contributed by atoms with van der Waals surface area (Å²) in [6, 6.07) is 10.6. The summed E-state index contributed by atoms with van der Waals surface area (Å²) in [5, 5.41) is 3.51. The summed E-state index contributed by atoms with van der Waals surface area (Å²) in [4.78, 5) is 25.6. The summed E-state index contributed by atoms with van der Waals surface area (Å²) in [6.45, 7) is 0.305. The molecule has 2 aromatic carbocycles. The van der Waals surface area contributed by atoms with Crippen LogP contribution in [0.1, 0.15) is 11.1 Å². The Labute approximate surface area is 185 Å². The summed E-state index contributed by atoms with van der Waals surface area (Å²) in [5.74, 6) is -0.580. The highest BCUT2D eigenvalue weighted by molar-refractivity contribution is 9.10. The summed E-state index contributed by atoms with van der Waals surface area (Å²) in [7, 11) is 1.49. The van der Waals surface area contributed by atoms with Gasteiger partial charge in [-0.05, 0) is 69.6 Å². The molecule has 0 atom stereocenters. The van der Waals surface area contributed by atoms with E-state index in [9.17, 15) is 9.59 Å². The van der Waals surface area contributed by atoms with Gasteiger partial charge in [0, 0.05) is 12.1 Å². The highest BCUT2D eigenvalue weighted by Gasteiger charge is 2.30. The van der Waals surface area contributed by atoms with Crippen molar-refractivity contribution < 1.29 is 14.3 Å². The number of nitrogens with one attached hydrogen (secondary N) is 1. The van der Waals surface area contributed by atoms with Gasteiger partial charge in [0.25, 0.3) is 11.8 Å². The smallest absolute Gasteiger partial charge is 0.265 e. The second kappa shape index (κ2) is 8.61. The van der Waals surface area contributed by atoms with Gasteiger partial charge in [-0.3, -0.25) is 19.8 Å². The van der Waals surface area contributed by atoms with Gasteiger partial charge < -0.3 is 4.74 Å². The van der Waals surface area contributed by atoms with Crippen molar-refractivity contribution in [2.45, 2.75) is 6.61 Å². The third-order valence-electron chi connectivity index (χ3n) is 3.93. The van der Waals surface area contributed by atoms with Crippen LogP contribution in [0.5, 0.6) is 5.75 Å². The quantitative estimate of drug-likeness (QED) is 0.379. The molecule has 9 heteroatoms. The van der Waals surface area contributed by atoms with E-state index < -0.39 is 11.8 Å². The standard InChI is InChI=1S/C19H13BrCl2N2O3S/c1-24-18(26)13(17(25)23-19(24)28)6-11-7-14(20)16(15(22)8-11)27-9-10-2-4-12(21)5-3-10/h2-8H,9H2,1H3,(H,23,25,28)/b13-6+. The van der Waals surface area contributed by atoms with Gasteiger partial charge in [0.2, 0.25) is 0 Å². The third kappa shape index (κ3) is 4.55. The van der Waals surface area contributed by atoms with Crippen LogP contribution < -0.4 is 10.1 Å². The molecule has 1 heterocycles. The lowest BCUT2D eigenvalue weighted by atomic mass is 10.1. The van der Waals surface area contributed by atoms with Crippen LogP contribution in [0.2, 0.25) is 10.0 Å². The maximum atomic E-state index is 12.3. The van der Waals surface area contributed by atoms with Crippen molar-refractivity contribution in [2.24, 2.45) is 0 Å². The minimum absolute atomic E-state index is 0.0334. The van der Waals surface area contributed by atoms with Gasteiger partial charge in [0.15, 0.2) is 10.9 Å². The molecule has 5 nitrogen and oxygen atoms in total. The van der Waals surface area contributed by atoms with E-state index >= 15 is 0 Å². The van der Waals surface area contributed by atoms with E-state index in [1.807, 2.05) is 12.1 Å². The topological polar surface area (TPSA) is 58.6 Å². The summed E-state index contributed by atoms with van der Waals surface area (Å²) in [6.07, 6.45) is 1.45. The van der Waals surface area contributed by atoms with Crippen LogP contribution in [0.3, 0.4) is 0 Å². The molecule has 2 amide bonds. The SMILES string of the molecule is CN1C(=O)/C(=C/c2cc(Cl)c(OCc3ccc(Cl)cc3)c(Br)c2)C(=O)NC1=S. The Balaban J connectivity index is 1.83. The van der Waals surface area contributed by atoms with Crippen molar-refractivity contribution in [2.75, 3.05) is 7.05 Å². The maximum absolute atomic E-state index is 12.3. The lowest BCUT2D eigenvalue weighted by Gasteiger charge is -2.25. The molecule has 0 bridgehead atoms. The fourth-order valence-electron chi connectivity index (χ4n) is 2.45. The molecule has 0 saturated carbocycles. The molecule has 1 aliphatic heterocycles. The first-order valence-electron chi connectivity index (χ1n) is 7.97. The Hall–Kier alpha value is -1.93. The van der Waals surface area contributed by atoms with Gasteiger partial charge in [-0.15, -0.1) is 0 Å². The average Bonchev–Trinajstić information content (AvgIpc) is 2.64. The number of hydrogen-bond acceptors (Lipinski definition) is 4. The minimum atomic E-state index is -0.552. The lowest BCUT2D eigenvalue weighted by molar-refractivity contribution is -0.128. The second-order valence-electron chi connectivity index (χ2n) is 5.91. The van der Waals surface area contributed by atoms with Crippen LogP contribution in [-0.4, -0.2) is 28.9 Å². The molecule has 0 unspecified atom stereocenters. The third-order valence-corrected chi connectivity index (χ3v) is 5.43. The largest absolute Gasteiger partial charge is 0.486 e. The molecule has 2 aromatic rings. The number of rotatable bonds is 4.